The van der Waals surface area contributed by atoms with Gasteiger partial charge in [-0.2, -0.15) is 0 Å². The molecule has 0 saturated heterocycles. The van der Waals surface area contributed by atoms with Crippen molar-refractivity contribution in [3.05, 3.63) is 109 Å². The van der Waals surface area contributed by atoms with E-state index < -0.39 is 14.4 Å². The van der Waals surface area contributed by atoms with Crippen LogP contribution in [0.5, 0.6) is 0 Å². The minimum absolute atomic E-state index is 0.104. The number of aliphatic hydroxyl groups is 1. The van der Waals surface area contributed by atoms with Crippen molar-refractivity contribution in [1.82, 2.24) is 0 Å². The summed E-state index contributed by atoms with van der Waals surface area (Å²) in [6.45, 7) is 10.8. The van der Waals surface area contributed by atoms with E-state index in [1.807, 2.05) is 36.4 Å². The molecule has 0 aromatic heterocycles. The molecule has 0 heterocycles. The lowest BCUT2D eigenvalue weighted by Crippen LogP contribution is -2.67. The highest BCUT2D eigenvalue weighted by atomic mass is 28.4. The molecule has 1 N–H and O–H groups in total. The minimum atomic E-state index is -2.68. The van der Waals surface area contributed by atoms with Gasteiger partial charge in [0.15, 0.2) is 0 Å². The Morgan fingerprint density at radius 3 is 1.71 bits per heavy atom. The Morgan fingerprint density at radius 1 is 0.839 bits per heavy atom. The third-order valence-electron chi connectivity index (χ3n) is 5.86. The molecule has 2 nitrogen and oxygen atoms in total. The van der Waals surface area contributed by atoms with Crippen LogP contribution in [0.1, 0.15) is 45.3 Å². The van der Waals surface area contributed by atoms with Crippen molar-refractivity contribution < 1.29 is 9.53 Å². The Kier molecular flexibility index (Phi) is 7.66. The van der Waals surface area contributed by atoms with Crippen LogP contribution in [0.15, 0.2) is 104 Å². The van der Waals surface area contributed by atoms with E-state index in [2.05, 4.69) is 88.0 Å². The van der Waals surface area contributed by atoms with E-state index in [1.54, 1.807) is 0 Å². The molecule has 3 rings (SSSR count). The van der Waals surface area contributed by atoms with Gasteiger partial charge in [0, 0.05) is 6.42 Å². The van der Waals surface area contributed by atoms with E-state index in [1.165, 1.54) is 10.4 Å². The summed E-state index contributed by atoms with van der Waals surface area (Å²) >= 11 is 0. The second-order valence-electron chi connectivity index (χ2n) is 9.09. The van der Waals surface area contributed by atoms with E-state index in [9.17, 15) is 5.11 Å². The van der Waals surface area contributed by atoms with Gasteiger partial charge in [-0.05, 0) is 27.4 Å². The molecule has 0 aliphatic rings. The minimum Gasteiger partial charge on any atom is -0.404 e. The number of rotatable bonds is 9. The first-order chi connectivity index (χ1) is 14.9. The van der Waals surface area contributed by atoms with Crippen molar-refractivity contribution in [3.8, 4) is 0 Å². The molecule has 3 aromatic rings. The van der Waals surface area contributed by atoms with Crippen LogP contribution in [-0.4, -0.2) is 19.5 Å². The fraction of sp³-hybridized carbons (Fsp3) is 0.286. The molecule has 0 fully saturated rings. The van der Waals surface area contributed by atoms with Gasteiger partial charge in [-0.1, -0.05) is 118 Å². The van der Waals surface area contributed by atoms with Crippen LogP contribution < -0.4 is 10.4 Å². The topological polar surface area (TPSA) is 29.5 Å². The standard InChI is InChI=1S/C28H34O2Si/c1-5-15-24(22-27(29)23-16-9-6-10-17-23)30-31(28(2,3)4,25-18-11-7-12-19-25)26-20-13-8-14-21-26/h5-14,16-21,24,27,29H,1,15,22H2,2-4H3/t24-,27-/m1/s1. The van der Waals surface area contributed by atoms with Crippen LogP contribution in [0.3, 0.4) is 0 Å². The van der Waals surface area contributed by atoms with Gasteiger partial charge < -0.3 is 9.53 Å². The molecule has 0 bridgehead atoms. The van der Waals surface area contributed by atoms with Gasteiger partial charge in [-0.3, -0.25) is 0 Å². The van der Waals surface area contributed by atoms with Crippen LogP contribution in [0.2, 0.25) is 5.04 Å². The first-order valence-electron chi connectivity index (χ1n) is 11.0. The zero-order valence-corrected chi connectivity index (χ0v) is 19.9. The van der Waals surface area contributed by atoms with E-state index >= 15 is 0 Å². The highest BCUT2D eigenvalue weighted by Crippen LogP contribution is 2.39. The second-order valence-corrected chi connectivity index (χ2v) is 13.3. The summed E-state index contributed by atoms with van der Waals surface area (Å²) in [5.41, 5.74) is 0.919. The molecule has 162 valence electrons. The summed E-state index contributed by atoms with van der Waals surface area (Å²) < 4.78 is 7.21. The van der Waals surface area contributed by atoms with Crippen molar-refractivity contribution in [2.24, 2.45) is 0 Å². The summed E-state index contributed by atoms with van der Waals surface area (Å²) in [5.74, 6) is 0. The maximum Gasteiger partial charge on any atom is 0.261 e. The summed E-state index contributed by atoms with van der Waals surface area (Å²) in [7, 11) is -2.68. The lowest BCUT2D eigenvalue weighted by molar-refractivity contribution is 0.0902. The highest BCUT2D eigenvalue weighted by Gasteiger charge is 2.51. The van der Waals surface area contributed by atoms with Crippen molar-refractivity contribution in [1.29, 1.82) is 0 Å². The molecule has 0 aliphatic heterocycles. The third-order valence-corrected chi connectivity index (χ3v) is 11.0. The van der Waals surface area contributed by atoms with E-state index in [0.717, 1.165) is 5.56 Å². The maximum atomic E-state index is 11.0. The molecular formula is C28H34O2Si. The van der Waals surface area contributed by atoms with E-state index in [-0.39, 0.29) is 11.1 Å². The molecule has 3 heteroatoms. The molecular weight excluding hydrogens is 396 g/mol. The SMILES string of the molecule is C=CC[C@H](C[C@@H](O)c1ccccc1)O[Si](c1ccccc1)(c1ccccc1)C(C)(C)C. The van der Waals surface area contributed by atoms with Crippen molar-refractivity contribution in [2.75, 3.05) is 0 Å². The molecule has 2 atom stereocenters. The zero-order chi connectivity index (χ0) is 22.3. The Labute approximate surface area is 188 Å². The van der Waals surface area contributed by atoms with Crippen LogP contribution in [0.25, 0.3) is 0 Å². The molecule has 0 amide bonds. The molecule has 3 aromatic carbocycles. The summed E-state index contributed by atoms with van der Waals surface area (Å²) in [6, 6.07) is 31.1. The lowest BCUT2D eigenvalue weighted by Gasteiger charge is -2.45. The first kappa shape index (κ1) is 23.2. The Hall–Kier alpha value is -2.46. The molecule has 0 aliphatic carbocycles. The fourth-order valence-corrected chi connectivity index (χ4v) is 9.09. The molecule has 0 radical (unpaired) electrons. The molecule has 0 saturated carbocycles. The predicted octanol–water partition coefficient (Wildman–Crippen LogP) is 5.63. The molecule has 0 spiro atoms. The summed E-state index contributed by atoms with van der Waals surface area (Å²) in [4.78, 5) is 0. The average Bonchev–Trinajstić information content (AvgIpc) is 2.78. The van der Waals surface area contributed by atoms with E-state index in [4.69, 9.17) is 4.43 Å². The first-order valence-corrected chi connectivity index (χ1v) is 12.9. The normalized spacial score (nSPS) is 14.1. The van der Waals surface area contributed by atoms with Gasteiger partial charge in [0.05, 0.1) is 12.2 Å². The Bertz CT molecular complexity index is 894. The quantitative estimate of drug-likeness (QED) is 0.352. The van der Waals surface area contributed by atoms with Crippen LogP contribution in [0, 0.1) is 0 Å². The Balaban J connectivity index is 2.06. The Morgan fingerprint density at radius 2 is 1.29 bits per heavy atom. The monoisotopic (exact) mass is 430 g/mol. The van der Waals surface area contributed by atoms with Gasteiger partial charge in [0.25, 0.3) is 8.32 Å². The van der Waals surface area contributed by atoms with Gasteiger partial charge in [0.2, 0.25) is 0 Å². The van der Waals surface area contributed by atoms with Gasteiger partial charge in [-0.15, -0.1) is 6.58 Å². The van der Waals surface area contributed by atoms with Crippen LogP contribution in [0.4, 0.5) is 0 Å². The summed E-state index contributed by atoms with van der Waals surface area (Å²) in [5, 5.41) is 13.3. The highest BCUT2D eigenvalue weighted by molar-refractivity contribution is 6.99. The lowest BCUT2D eigenvalue weighted by atomic mass is 10.0. The third kappa shape index (κ3) is 5.24. The predicted molar refractivity (Wildman–Crippen MR) is 133 cm³/mol. The summed E-state index contributed by atoms with van der Waals surface area (Å²) in [6.07, 6.45) is 2.40. The van der Waals surface area contributed by atoms with Gasteiger partial charge in [0.1, 0.15) is 0 Å². The van der Waals surface area contributed by atoms with Gasteiger partial charge >= 0.3 is 0 Å². The number of hydrogen-bond donors (Lipinski definition) is 1. The number of aliphatic hydroxyl groups excluding tert-OH is 1. The van der Waals surface area contributed by atoms with Crippen molar-refractivity contribution in [3.63, 3.8) is 0 Å². The number of hydrogen-bond acceptors (Lipinski definition) is 2. The van der Waals surface area contributed by atoms with Gasteiger partial charge in [-0.25, -0.2) is 0 Å². The number of benzene rings is 3. The van der Waals surface area contributed by atoms with Crippen molar-refractivity contribution >= 4 is 18.7 Å². The average molecular weight is 431 g/mol. The van der Waals surface area contributed by atoms with Crippen LogP contribution in [-0.2, 0) is 4.43 Å². The maximum absolute atomic E-state index is 11.0. The molecule has 0 unspecified atom stereocenters. The zero-order valence-electron chi connectivity index (χ0n) is 18.9. The smallest absolute Gasteiger partial charge is 0.261 e. The van der Waals surface area contributed by atoms with Crippen molar-refractivity contribution in [2.45, 2.75) is 50.9 Å². The van der Waals surface area contributed by atoms with Crippen LogP contribution >= 0.6 is 0 Å². The molecule has 31 heavy (non-hydrogen) atoms. The largest absolute Gasteiger partial charge is 0.404 e. The fourth-order valence-electron chi connectivity index (χ4n) is 4.38. The van der Waals surface area contributed by atoms with E-state index in [0.29, 0.717) is 12.8 Å². The second kappa shape index (κ2) is 10.2.